The molecule has 15 heteroatoms. The molecule has 0 aromatic heterocycles. The zero-order valence-corrected chi connectivity index (χ0v) is 33.3. The number of alkyl carbamates (subject to hydrolysis) is 1. The van der Waals surface area contributed by atoms with Crippen molar-refractivity contribution in [1.29, 1.82) is 0 Å². The predicted octanol–water partition coefficient (Wildman–Crippen LogP) is 3.01. The molecule has 0 radical (unpaired) electrons. The van der Waals surface area contributed by atoms with E-state index >= 15 is 0 Å². The molecule has 0 aromatic rings. The molecule has 2 aliphatic heterocycles. The third-order valence-electron chi connectivity index (χ3n) is 12.1. The van der Waals surface area contributed by atoms with Crippen LogP contribution in [-0.2, 0) is 47.5 Å². The van der Waals surface area contributed by atoms with Gasteiger partial charge in [0, 0.05) is 38.0 Å². The highest BCUT2D eigenvalue weighted by Crippen LogP contribution is 2.69. The first-order valence-electron chi connectivity index (χ1n) is 18.8. The van der Waals surface area contributed by atoms with Gasteiger partial charge in [-0.3, -0.25) is 9.59 Å². The fourth-order valence-corrected chi connectivity index (χ4v) is 9.94. The smallest absolute Gasteiger partial charge is 0.407 e. The highest BCUT2D eigenvalue weighted by Gasteiger charge is 2.80. The van der Waals surface area contributed by atoms with Crippen LogP contribution < -0.4 is 5.32 Å². The van der Waals surface area contributed by atoms with Gasteiger partial charge in [0.1, 0.15) is 23.9 Å². The number of fused-ring (bicyclic) bond motifs is 3. The van der Waals surface area contributed by atoms with Crippen LogP contribution >= 0.6 is 0 Å². The van der Waals surface area contributed by atoms with Gasteiger partial charge in [0.2, 0.25) is 0 Å². The van der Waals surface area contributed by atoms with Crippen molar-refractivity contribution in [3.05, 3.63) is 23.8 Å². The van der Waals surface area contributed by atoms with E-state index in [1.165, 1.54) is 33.8 Å². The number of carbonyl (C=O) groups excluding carboxylic acids is 4. The molecule has 0 spiro atoms. The summed E-state index contributed by atoms with van der Waals surface area (Å²) in [4.78, 5) is 52.5. The molecule has 5 rings (SSSR count). The van der Waals surface area contributed by atoms with Gasteiger partial charge in [-0.15, -0.1) is 0 Å². The van der Waals surface area contributed by atoms with Crippen LogP contribution in [0.25, 0.3) is 0 Å². The summed E-state index contributed by atoms with van der Waals surface area (Å²) in [7, 11) is 0. The molecule has 4 fully saturated rings. The number of nitrogens with one attached hydrogen (secondary N) is 1. The number of amides is 1. The average Bonchev–Trinajstić information content (AvgIpc) is 3.28. The number of carbonyl (C=O) groups is 4. The van der Waals surface area contributed by atoms with E-state index in [0.29, 0.717) is 5.57 Å². The quantitative estimate of drug-likeness (QED) is 0.143. The van der Waals surface area contributed by atoms with E-state index in [1.807, 2.05) is 20.8 Å². The van der Waals surface area contributed by atoms with Gasteiger partial charge in [-0.1, -0.05) is 27.4 Å². The zero-order chi connectivity index (χ0) is 40.5. The summed E-state index contributed by atoms with van der Waals surface area (Å²) in [5, 5.41) is 39.5. The van der Waals surface area contributed by atoms with Gasteiger partial charge in [-0.2, -0.15) is 0 Å². The summed E-state index contributed by atoms with van der Waals surface area (Å²) in [6, 6.07) is -1.08. The van der Waals surface area contributed by atoms with Gasteiger partial charge in [0.05, 0.1) is 35.9 Å². The highest BCUT2D eigenvalue weighted by atomic mass is 16.7. The number of ether oxygens (including phenoxy) is 7. The lowest BCUT2D eigenvalue weighted by Crippen LogP contribution is -2.80. The minimum absolute atomic E-state index is 0.0521. The van der Waals surface area contributed by atoms with Crippen LogP contribution in [0.5, 0.6) is 0 Å². The Morgan fingerprint density at radius 1 is 1.06 bits per heavy atom. The zero-order valence-electron chi connectivity index (χ0n) is 33.3. The van der Waals surface area contributed by atoms with Crippen LogP contribution in [0.15, 0.2) is 23.8 Å². The minimum Gasteiger partial charge on any atom is -0.456 e. The minimum atomic E-state index is -1.83. The molecule has 304 valence electrons. The van der Waals surface area contributed by atoms with Crippen LogP contribution in [0.3, 0.4) is 0 Å². The molecule has 2 saturated heterocycles. The third kappa shape index (κ3) is 6.97. The first-order valence-corrected chi connectivity index (χ1v) is 18.8. The normalized spacial score (nSPS) is 38.4. The Balaban J connectivity index is 1.65. The molecule has 15 nitrogen and oxygen atoms in total. The first kappa shape index (κ1) is 42.1. The molecule has 0 aromatic carbocycles. The Bertz CT molecular complexity index is 1550. The number of hydrogen-bond acceptors (Lipinski definition) is 14. The van der Waals surface area contributed by atoms with E-state index in [2.05, 4.69) is 11.9 Å². The van der Waals surface area contributed by atoms with Gasteiger partial charge in [-0.25, -0.2) is 9.59 Å². The van der Waals surface area contributed by atoms with Crippen molar-refractivity contribution in [3.63, 3.8) is 0 Å². The second-order valence-corrected chi connectivity index (χ2v) is 17.8. The summed E-state index contributed by atoms with van der Waals surface area (Å²) in [6.07, 6.45) is -8.35. The number of esters is 3. The summed E-state index contributed by atoms with van der Waals surface area (Å²) in [5.41, 5.74) is -6.36. The lowest BCUT2D eigenvalue weighted by molar-refractivity contribution is -0.393. The Kier molecular flexibility index (Phi) is 11.3. The van der Waals surface area contributed by atoms with Gasteiger partial charge < -0.3 is 53.8 Å². The molecule has 4 N–H and O–H groups in total. The molecule has 2 saturated carbocycles. The van der Waals surface area contributed by atoms with Crippen LogP contribution in [0.4, 0.5) is 4.79 Å². The molecule has 2 unspecified atom stereocenters. The van der Waals surface area contributed by atoms with E-state index in [9.17, 15) is 34.5 Å². The second kappa shape index (κ2) is 14.5. The maximum atomic E-state index is 13.9. The van der Waals surface area contributed by atoms with Crippen LogP contribution in [0.1, 0.15) is 95.4 Å². The van der Waals surface area contributed by atoms with Crippen molar-refractivity contribution in [1.82, 2.24) is 5.32 Å². The summed E-state index contributed by atoms with van der Waals surface area (Å²) < 4.78 is 42.7. The van der Waals surface area contributed by atoms with Gasteiger partial charge in [-0.05, 0) is 71.1 Å². The summed E-state index contributed by atoms with van der Waals surface area (Å²) in [5.74, 6) is -3.44. The largest absolute Gasteiger partial charge is 0.456 e. The number of hydrogen-bond donors (Lipinski definition) is 4. The number of rotatable bonds is 10. The molecule has 0 bridgehead atoms. The van der Waals surface area contributed by atoms with Crippen molar-refractivity contribution < 1.29 is 67.7 Å². The fourth-order valence-electron chi connectivity index (χ4n) is 9.94. The second-order valence-electron chi connectivity index (χ2n) is 17.8. The van der Waals surface area contributed by atoms with Gasteiger partial charge >= 0.3 is 24.0 Å². The van der Waals surface area contributed by atoms with Gasteiger partial charge in [0.25, 0.3) is 0 Å². The Hall–Kier alpha value is -3.08. The van der Waals surface area contributed by atoms with E-state index < -0.39 is 113 Å². The Labute approximate surface area is 317 Å². The van der Waals surface area contributed by atoms with Crippen LogP contribution in [0.2, 0.25) is 0 Å². The van der Waals surface area contributed by atoms with Crippen molar-refractivity contribution in [2.45, 2.75) is 167 Å². The predicted molar refractivity (Wildman–Crippen MR) is 190 cm³/mol. The molecular weight excluding hydrogens is 706 g/mol. The van der Waals surface area contributed by atoms with E-state index in [4.69, 9.17) is 33.2 Å². The summed E-state index contributed by atoms with van der Waals surface area (Å²) >= 11 is 0. The van der Waals surface area contributed by atoms with Crippen molar-refractivity contribution in [2.24, 2.45) is 22.7 Å². The highest BCUT2D eigenvalue weighted by molar-refractivity contribution is 5.77. The molecule has 3 aliphatic carbocycles. The lowest BCUT2D eigenvalue weighted by Gasteiger charge is -2.67. The molecule has 13 atom stereocenters. The molecule has 1 amide bonds. The van der Waals surface area contributed by atoms with E-state index in [1.54, 1.807) is 27.7 Å². The topological polar surface area (TPSA) is 206 Å². The number of aliphatic hydroxyl groups is 3. The maximum absolute atomic E-state index is 13.9. The fraction of sp³-hybridized carbons (Fsp3) is 0.795. The molecular formula is C39H59NO14. The SMILES string of the molecule is C=CC1O[C@H]2C[C@H]3OCC3(OC(C)=O)[C@H]3[C@H](O)[C@]4(C(C)(C)O)C[C@H](OC(=O)[C@H](O)[C@H](CC(C)C)NC(=O)OC(C)(C)C)C(C)=C4[C@H](OC(C)=O)[C@H](O1)[C@]23C. The van der Waals surface area contributed by atoms with Crippen LogP contribution in [0, 0.1) is 22.7 Å². The molecule has 5 aliphatic rings. The van der Waals surface area contributed by atoms with Gasteiger partial charge in [0.15, 0.2) is 24.1 Å². The Morgan fingerprint density at radius 2 is 1.70 bits per heavy atom. The van der Waals surface area contributed by atoms with Crippen LogP contribution in [-0.4, -0.2) is 118 Å². The van der Waals surface area contributed by atoms with Crippen molar-refractivity contribution in [3.8, 4) is 0 Å². The number of aliphatic hydroxyl groups excluding tert-OH is 2. The van der Waals surface area contributed by atoms with Crippen molar-refractivity contribution in [2.75, 3.05) is 6.61 Å². The molecule has 54 heavy (non-hydrogen) atoms. The average molecular weight is 766 g/mol. The maximum Gasteiger partial charge on any atom is 0.407 e. The van der Waals surface area contributed by atoms with Crippen molar-refractivity contribution >= 4 is 24.0 Å². The molecule has 2 heterocycles. The Morgan fingerprint density at radius 3 is 2.20 bits per heavy atom. The monoisotopic (exact) mass is 765 g/mol. The lowest BCUT2D eigenvalue weighted by atomic mass is 9.49. The third-order valence-corrected chi connectivity index (χ3v) is 12.1. The standard InChI is InChI=1S/C39H59NO14/c1-13-26-51-24-15-25-39(17-48-25,53-21(6)42)30-31(44)38(36(10,11)47)16-23(19(4)27(38)29(49-20(5)41)32(52-26)37(24,30)12)50-33(45)28(43)22(14-18(2)3)40-34(46)54-35(7,8)9/h13,18,22-26,28-32,43-44,47H,1,14-17H2,2-12H3,(H,40,46)/t22-,23-,24-,25+,26?,28+,29-,30-,31-,32-,37+,38-,39?/m0/s1. The van der Waals surface area contributed by atoms with E-state index in [-0.39, 0.29) is 37.4 Å². The first-order chi connectivity index (χ1) is 24.8. The van der Waals surface area contributed by atoms with E-state index in [0.717, 1.165) is 0 Å². The summed E-state index contributed by atoms with van der Waals surface area (Å²) in [6.45, 7) is 21.6.